The predicted octanol–water partition coefficient (Wildman–Crippen LogP) is 3.68. The number of nitrogens with zero attached hydrogens (tertiary/aromatic N) is 1. The highest BCUT2D eigenvalue weighted by atomic mass is 16.5. The van der Waals surface area contributed by atoms with Gasteiger partial charge in [-0.3, -0.25) is 9.59 Å². The molecule has 2 amide bonds. The van der Waals surface area contributed by atoms with Gasteiger partial charge in [-0.25, -0.2) is 0 Å². The van der Waals surface area contributed by atoms with Crippen molar-refractivity contribution in [2.75, 3.05) is 13.7 Å². The molecule has 0 aromatic heterocycles. The molecule has 2 aromatic rings. The van der Waals surface area contributed by atoms with Gasteiger partial charge in [-0.15, -0.1) is 0 Å². The molecule has 0 radical (unpaired) electrons. The first-order chi connectivity index (χ1) is 14.6. The summed E-state index contributed by atoms with van der Waals surface area (Å²) < 4.78 is 10.8. The minimum absolute atomic E-state index is 0.0220. The van der Waals surface area contributed by atoms with Crippen LogP contribution in [0.5, 0.6) is 11.5 Å². The minimum Gasteiger partial charge on any atom is -0.497 e. The highest BCUT2D eigenvalue weighted by Gasteiger charge is 2.31. The van der Waals surface area contributed by atoms with Crippen LogP contribution in [0.4, 0.5) is 0 Å². The predicted molar refractivity (Wildman–Crippen MR) is 115 cm³/mol. The molecule has 30 heavy (non-hydrogen) atoms. The molecule has 3 rings (SSSR count). The van der Waals surface area contributed by atoms with Gasteiger partial charge < -0.3 is 19.7 Å². The molecule has 6 heteroatoms. The molecule has 1 unspecified atom stereocenters. The zero-order valence-electron chi connectivity index (χ0n) is 17.7. The molecule has 0 bridgehead atoms. The standard InChI is InChI=1S/C24H30N2O4/c1-3-30-21-11-6-8-18(14-21)16-25-24(28)22-12-4-5-13-23(27)26(22)17-19-9-7-10-20(15-19)29-2/h6-11,14-15,22H,3-5,12-13,16-17H2,1-2H3,(H,25,28). The Labute approximate surface area is 178 Å². The van der Waals surface area contributed by atoms with Crippen LogP contribution >= 0.6 is 0 Å². The molecule has 0 saturated carbocycles. The van der Waals surface area contributed by atoms with Gasteiger partial charge in [0.05, 0.1) is 13.7 Å². The van der Waals surface area contributed by atoms with E-state index in [9.17, 15) is 9.59 Å². The van der Waals surface area contributed by atoms with Gasteiger partial charge in [0.25, 0.3) is 0 Å². The summed E-state index contributed by atoms with van der Waals surface area (Å²) in [4.78, 5) is 27.5. The largest absolute Gasteiger partial charge is 0.497 e. The van der Waals surface area contributed by atoms with E-state index in [1.165, 1.54) is 0 Å². The van der Waals surface area contributed by atoms with Gasteiger partial charge in [-0.2, -0.15) is 0 Å². The van der Waals surface area contributed by atoms with E-state index in [1.54, 1.807) is 12.0 Å². The van der Waals surface area contributed by atoms with Crippen molar-refractivity contribution in [1.82, 2.24) is 10.2 Å². The van der Waals surface area contributed by atoms with Crippen molar-refractivity contribution >= 4 is 11.8 Å². The Balaban J connectivity index is 1.70. The molecule has 1 atom stereocenters. The third kappa shape index (κ3) is 5.75. The first-order valence-corrected chi connectivity index (χ1v) is 10.5. The zero-order chi connectivity index (χ0) is 21.3. The number of hydrogen-bond donors (Lipinski definition) is 1. The lowest BCUT2D eigenvalue weighted by molar-refractivity contribution is -0.140. The van der Waals surface area contributed by atoms with Crippen LogP contribution in [-0.4, -0.2) is 36.5 Å². The number of rotatable bonds is 8. The number of carbonyl (C=O) groups is 2. The smallest absolute Gasteiger partial charge is 0.243 e. The summed E-state index contributed by atoms with van der Waals surface area (Å²) in [6.45, 7) is 3.33. The number of benzene rings is 2. The van der Waals surface area contributed by atoms with Crippen LogP contribution in [0, 0.1) is 0 Å². The molecule has 2 aromatic carbocycles. The Bertz CT molecular complexity index is 868. The zero-order valence-corrected chi connectivity index (χ0v) is 17.7. The minimum atomic E-state index is -0.471. The second kappa shape index (κ2) is 10.7. The topological polar surface area (TPSA) is 67.9 Å². The molecule has 0 aliphatic carbocycles. The van der Waals surface area contributed by atoms with Crippen LogP contribution in [-0.2, 0) is 22.7 Å². The van der Waals surface area contributed by atoms with Crippen molar-refractivity contribution in [3.63, 3.8) is 0 Å². The highest BCUT2D eigenvalue weighted by Crippen LogP contribution is 2.23. The van der Waals surface area contributed by atoms with E-state index in [2.05, 4.69) is 5.32 Å². The first-order valence-electron chi connectivity index (χ1n) is 10.5. The number of likely N-dealkylation sites (tertiary alicyclic amines) is 1. The fraction of sp³-hybridized carbons (Fsp3) is 0.417. The molecule has 1 aliphatic rings. The van der Waals surface area contributed by atoms with Crippen LogP contribution in [0.1, 0.15) is 43.7 Å². The van der Waals surface area contributed by atoms with Gasteiger partial charge in [0, 0.05) is 19.5 Å². The Kier molecular flexibility index (Phi) is 7.71. The lowest BCUT2D eigenvalue weighted by Crippen LogP contribution is -2.48. The van der Waals surface area contributed by atoms with E-state index in [0.29, 0.717) is 32.5 Å². The van der Waals surface area contributed by atoms with E-state index < -0.39 is 6.04 Å². The molecule has 1 N–H and O–H groups in total. The first kappa shape index (κ1) is 21.7. The van der Waals surface area contributed by atoms with Crippen LogP contribution in [0.25, 0.3) is 0 Å². The van der Waals surface area contributed by atoms with Crippen molar-refractivity contribution < 1.29 is 19.1 Å². The number of carbonyl (C=O) groups excluding carboxylic acids is 2. The molecule has 1 aliphatic heterocycles. The summed E-state index contributed by atoms with van der Waals surface area (Å²) in [5, 5.41) is 3.01. The van der Waals surface area contributed by atoms with Crippen molar-refractivity contribution in [3.05, 3.63) is 59.7 Å². The fourth-order valence-electron chi connectivity index (χ4n) is 3.74. The third-order valence-electron chi connectivity index (χ3n) is 5.28. The Morgan fingerprint density at radius 3 is 2.60 bits per heavy atom. The van der Waals surface area contributed by atoms with Crippen molar-refractivity contribution in [2.45, 2.75) is 51.7 Å². The summed E-state index contributed by atoms with van der Waals surface area (Å²) in [6.07, 6.45) is 2.82. The van der Waals surface area contributed by atoms with Gasteiger partial charge in [0.2, 0.25) is 11.8 Å². The lowest BCUT2D eigenvalue weighted by atomic mass is 10.1. The normalized spacial score (nSPS) is 16.7. The van der Waals surface area contributed by atoms with E-state index in [4.69, 9.17) is 9.47 Å². The van der Waals surface area contributed by atoms with Crippen molar-refractivity contribution in [1.29, 1.82) is 0 Å². The molecule has 1 saturated heterocycles. The number of methoxy groups -OCH3 is 1. The Morgan fingerprint density at radius 2 is 1.83 bits per heavy atom. The highest BCUT2D eigenvalue weighted by molar-refractivity contribution is 5.88. The van der Waals surface area contributed by atoms with Crippen LogP contribution in [0.2, 0.25) is 0 Å². The number of amides is 2. The van der Waals surface area contributed by atoms with E-state index >= 15 is 0 Å². The quantitative estimate of drug-likeness (QED) is 0.721. The summed E-state index contributed by atoms with van der Waals surface area (Å²) in [5.74, 6) is 1.43. The van der Waals surface area contributed by atoms with Crippen LogP contribution in [0.15, 0.2) is 48.5 Å². The van der Waals surface area contributed by atoms with Crippen molar-refractivity contribution in [3.8, 4) is 11.5 Å². The molecule has 6 nitrogen and oxygen atoms in total. The van der Waals surface area contributed by atoms with Crippen LogP contribution < -0.4 is 14.8 Å². The molecular weight excluding hydrogens is 380 g/mol. The third-order valence-corrected chi connectivity index (χ3v) is 5.28. The number of nitrogens with one attached hydrogen (secondary N) is 1. The lowest BCUT2D eigenvalue weighted by Gasteiger charge is -2.29. The van der Waals surface area contributed by atoms with Gasteiger partial charge in [-0.05, 0) is 55.2 Å². The second-order valence-corrected chi connectivity index (χ2v) is 7.43. The monoisotopic (exact) mass is 410 g/mol. The Hall–Kier alpha value is -3.02. The van der Waals surface area contributed by atoms with Gasteiger partial charge in [-0.1, -0.05) is 30.7 Å². The summed E-state index contributed by atoms with van der Waals surface area (Å²) in [6, 6.07) is 14.9. The maximum absolute atomic E-state index is 13.0. The van der Waals surface area contributed by atoms with E-state index in [1.807, 2.05) is 55.5 Å². The maximum Gasteiger partial charge on any atom is 0.243 e. The van der Waals surface area contributed by atoms with Crippen molar-refractivity contribution in [2.24, 2.45) is 0 Å². The molecule has 1 fully saturated rings. The van der Waals surface area contributed by atoms with E-state index in [-0.39, 0.29) is 11.8 Å². The average Bonchev–Trinajstić information content (AvgIpc) is 2.94. The maximum atomic E-state index is 13.0. The number of hydrogen-bond acceptors (Lipinski definition) is 4. The van der Waals surface area contributed by atoms with Gasteiger partial charge in [0.1, 0.15) is 17.5 Å². The Morgan fingerprint density at radius 1 is 1.10 bits per heavy atom. The molecule has 1 heterocycles. The molecule has 160 valence electrons. The van der Waals surface area contributed by atoms with Gasteiger partial charge in [0.15, 0.2) is 0 Å². The average molecular weight is 411 g/mol. The number of ether oxygens (including phenoxy) is 2. The summed E-state index contributed by atoms with van der Waals surface area (Å²) >= 11 is 0. The molecular formula is C24H30N2O4. The molecule has 0 spiro atoms. The van der Waals surface area contributed by atoms with Crippen LogP contribution in [0.3, 0.4) is 0 Å². The van der Waals surface area contributed by atoms with E-state index in [0.717, 1.165) is 35.5 Å². The SMILES string of the molecule is CCOc1cccc(CNC(=O)C2CCCCC(=O)N2Cc2cccc(OC)c2)c1. The summed E-state index contributed by atoms with van der Waals surface area (Å²) in [7, 11) is 1.62. The van der Waals surface area contributed by atoms with Gasteiger partial charge >= 0.3 is 0 Å². The fourth-order valence-corrected chi connectivity index (χ4v) is 3.74. The second-order valence-electron chi connectivity index (χ2n) is 7.43. The summed E-state index contributed by atoms with van der Waals surface area (Å²) in [5.41, 5.74) is 1.92.